The van der Waals surface area contributed by atoms with Gasteiger partial charge < -0.3 is 9.47 Å². The van der Waals surface area contributed by atoms with Crippen LogP contribution in [0.3, 0.4) is 0 Å². The van der Waals surface area contributed by atoms with Gasteiger partial charge in [0.15, 0.2) is 0 Å². The number of allylic oxidation sites excluding steroid dienone is 1. The van der Waals surface area contributed by atoms with E-state index in [1.54, 1.807) is 26.4 Å². The summed E-state index contributed by atoms with van der Waals surface area (Å²) in [6, 6.07) is 10.8. The zero-order valence-corrected chi connectivity index (χ0v) is 12.9. The molecule has 0 heterocycles. The van der Waals surface area contributed by atoms with Crippen LogP contribution in [0.25, 0.3) is 10.8 Å². The van der Waals surface area contributed by atoms with E-state index in [4.69, 9.17) is 9.47 Å². The van der Waals surface area contributed by atoms with Gasteiger partial charge in [-0.25, -0.2) is 0 Å². The Morgan fingerprint density at radius 1 is 1.09 bits per heavy atom. The maximum atomic E-state index is 11.2. The van der Waals surface area contributed by atoms with Crippen molar-refractivity contribution in [3.63, 3.8) is 0 Å². The Balaban J connectivity index is 2.14. The summed E-state index contributed by atoms with van der Waals surface area (Å²) in [5.41, 5.74) is 1.12. The van der Waals surface area contributed by atoms with E-state index in [9.17, 15) is 10.1 Å². The minimum Gasteiger partial charge on any atom is -0.497 e. The van der Waals surface area contributed by atoms with Gasteiger partial charge in [-0.1, -0.05) is 30.3 Å². The Kier molecular flexibility index (Phi) is 4.12. The molecule has 1 aliphatic rings. The van der Waals surface area contributed by atoms with Gasteiger partial charge in [0.2, 0.25) is 0 Å². The normalized spacial score (nSPS) is 20.3. The Bertz CT molecular complexity index is 810. The van der Waals surface area contributed by atoms with Crippen LogP contribution < -0.4 is 0 Å². The lowest BCUT2D eigenvalue weighted by atomic mass is 9.86. The minimum atomic E-state index is -0.348. The number of methoxy groups -OCH3 is 2. The van der Waals surface area contributed by atoms with Gasteiger partial charge in [-0.05, 0) is 29.2 Å². The quantitative estimate of drug-likeness (QED) is 0.633. The summed E-state index contributed by atoms with van der Waals surface area (Å²) in [4.78, 5) is 10.9. The van der Waals surface area contributed by atoms with Crippen molar-refractivity contribution in [3.05, 3.63) is 76.1 Å². The number of fused-ring (bicyclic) bond motifs is 1. The first-order valence-corrected chi connectivity index (χ1v) is 7.28. The molecular weight excluding hydrogens is 294 g/mol. The summed E-state index contributed by atoms with van der Waals surface area (Å²) in [6.07, 6.45) is 5.65. The summed E-state index contributed by atoms with van der Waals surface area (Å²) < 4.78 is 10.8. The zero-order valence-electron chi connectivity index (χ0n) is 12.9. The highest BCUT2D eigenvalue weighted by Crippen LogP contribution is 2.37. The lowest BCUT2D eigenvalue weighted by Gasteiger charge is -2.26. The highest BCUT2D eigenvalue weighted by Gasteiger charge is 2.26. The van der Waals surface area contributed by atoms with Crippen LogP contribution in [0, 0.1) is 10.1 Å². The maximum absolute atomic E-state index is 11.2. The van der Waals surface area contributed by atoms with Crippen LogP contribution in [0.4, 0.5) is 5.69 Å². The molecule has 0 N–H and O–H groups in total. The van der Waals surface area contributed by atoms with Crippen molar-refractivity contribution >= 4 is 16.5 Å². The van der Waals surface area contributed by atoms with Crippen molar-refractivity contribution in [2.45, 2.75) is 12.0 Å². The lowest BCUT2D eigenvalue weighted by molar-refractivity contribution is -0.383. The number of rotatable bonds is 4. The molecule has 0 radical (unpaired) electrons. The van der Waals surface area contributed by atoms with E-state index in [1.807, 2.05) is 42.5 Å². The molecule has 2 aromatic rings. The van der Waals surface area contributed by atoms with Crippen LogP contribution in [0.5, 0.6) is 0 Å². The van der Waals surface area contributed by atoms with Gasteiger partial charge in [-0.15, -0.1) is 0 Å². The Morgan fingerprint density at radius 2 is 1.83 bits per heavy atom. The highest BCUT2D eigenvalue weighted by molar-refractivity contribution is 5.94. The van der Waals surface area contributed by atoms with Crippen molar-refractivity contribution in [2.24, 2.45) is 0 Å². The Labute approximate surface area is 134 Å². The first-order chi connectivity index (χ1) is 11.2. The molecule has 2 atom stereocenters. The van der Waals surface area contributed by atoms with E-state index < -0.39 is 0 Å². The lowest BCUT2D eigenvalue weighted by Crippen LogP contribution is -2.20. The molecule has 0 saturated carbocycles. The summed E-state index contributed by atoms with van der Waals surface area (Å²) in [6.45, 7) is 0. The summed E-state index contributed by atoms with van der Waals surface area (Å²) in [7, 11) is 3.26. The molecule has 0 amide bonds. The largest absolute Gasteiger partial charge is 0.497 e. The molecule has 1 aliphatic carbocycles. The predicted octanol–water partition coefficient (Wildman–Crippen LogP) is 3.95. The second kappa shape index (κ2) is 6.22. The summed E-state index contributed by atoms with van der Waals surface area (Å²) >= 11 is 0. The van der Waals surface area contributed by atoms with Crippen LogP contribution >= 0.6 is 0 Å². The third-order valence-corrected chi connectivity index (χ3v) is 4.15. The molecule has 5 nitrogen and oxygen atoms in total. The van der Waals surface area contributed by atoms with E-state index >= 15 is 0 Å². The van der Waals surface area contributed by atoms with Crippen LogP contribution in [0.1, 0.15) is 11.5 Å². The second-order valence-corrected chi connectivity index (χ2v) is 5.33. The zero-order chi connectivity index (χ0) is 16.4. The van der Waals surface area contributed by atoms with Gasteiger partial charge in [-0.3, -0.25) is 10.1 Å². The van der Waals surface area contributed by atoms with Crippen LogP contribution in [-0.4, -0.2) is 25.2 Å². The van der Waals surface area contributed by atoms with E-state index in [1.165, 1.54) is 0 Å². The van der Waals surface area contributed by atoms with E-state index in [-0.39, 0.29) is 22.6 Å². The Morgan fingerprint density at radius 3 is 2.48 bits per heavy atom. The summed E-state index contributed by atoms with van der Waals surface area (Å²) in [5.74, 6) is 0.726. The molecule has 0 bridgehead atoms. The number of nitrogens with zero attached hydrogens (tertiary/aromatic N) is 1. The molecule has 0 spiro atoms. The van der Waals surface area contributed by atoms with E-state index in [0.717, 1.165) is 16.7 Å². The molecule has 3 rings (SSSR count). The smallest absolute Gasteiger partial charge is 0.277 e. The third kappa shape index (κ3) is 2.71. The first-order valence-electron chi connectivity index (χ1n) is 7.28. The van der Waals surface area contributed by atoms with Gasteiger partial charge in [-0.2, -0.15) is 0 Å². The number of non-ortho nitro benzene ring substituents is 1. The molecule has 0 aliphatic heterocycles. The van der Waals surface area contributed by atoms with Gasteiger partial charge in [0.05, 0.1) is 23.5 Å². The number of nitro benzene ring substituents is 1. The molecule has 118 valence electrons. The van der Waals surface area contributed by atoms with Crippen molar-refractivity contribution in [1.29, 1.82) is 0 Å². The van der Waals surface area contributed by atoms with Crippen molar-refractivity contribution < 1.29 is 14.4 Å². The average Bonchev–Trinajstić information content (AvgIpc) is 2.60. The molecule has 23 heavy (non-hydrogen) atoms. The monoisotopic (exact) mass is 311 g/mol. The highest BCUT2D eigenvalue weighted by atomic mass is 16.6. The standard InChI is InChI=1S/C18H17NO4/c1-22-12-7-8-16(18(11-12)23-2)14-9-10-17(19(20)21)15-6-4-3-5-13(14)15/h3-11,16,18H,1-2H3. The molecule has 2 unspecified atom stereocenters. The van der Waals surface area contributed by atoms with Crippen LogP contribution in [0.15, 0.2) is 60.4 Å². The van der Waals surface area contributed by atoms with Gasteiger partial charge in [0.1, 0.15) is 5.76 Å². The predicted molar refractivity (Wildman–Crippen MR) is 88.4 cm³/mol. The van der Waals surface area contributed by atoms with Gasteiger partial charge in [0, 0.05) is 19.1 Å². The second-order valence-electron chi connectivity index (χ2n) is 5.33. The average molecular weight is 311 g/mol. The SMILES string of the molecule is COC1=CC(OC)C(c2ccc([N+](=O)[O-])c3ccccc23)C=C1. The molecule has 2 aromatic carbocycles. The molecule has 0 saturated heterocycles. The fourth-order valence-corrected chi connectivity index (χ4v) is 3.02. The van der Waals surface area contributed by atoms with Crippen molar-refractivity contribution in [3.8, 4) is 0 Å². The summed E-state index contributed by atoms with van der Waals surface area (Å²) in [5, 5.41) is 12.8. The fourth-order valence-electron chi connectivity index (χ4n) is 3.02. The number of benzene rings is 2. The fraction of sp³-hybridized carbons (Fsp3) is 0.222. The maximum Gasteiger partial charge on any atom is 0.277 e. The topological polar surface area (TPSA) is 61.6 Å². The van der Waals surface area contributed by atoms with Crippen LogP contribution in [-0.2, 0) is 9.47 Å². The molecule has 5 heteroatoms. The number of hydrogen-bond donors (Lipinski definition) is 0. The van der Waals surface area contributed by atoms with Gasteiger partial charge >= 0.3 is 0 Å². The van der Waals surface area contributed by atoms with Crippen molar-refractivity contribution in [2.75, 3.05) is 14.2 Å². The third-order valence-electron chi connectivity index (χ3n) is 4.15. The van der Waals surface area contributed by atoms with Gasteiger partial charge in [0.25, 0.3) is 5.69 Å². The molecular formula is C18H17NO4. The first kappa shape index (κ1) is 15.2. The van der Waals surface area contributed by atoms with E-state index in [0.29, 0.717) is 5.39 Å². The van der Waals surface area contributed by atoms with Crippen molar-refractivity contribution in [1.82, 2.24) is 0 Å². The van der Waals surface area contributed by atoms with E-state index in [2.05, 4.69) is 0 Å². The molecule has 0 aromatic heterocycles. The number of ether oxygens (including phenoxy) is 2. The van der Waals surface area contributed by atoms with Crippen LogP contribution in [0.2, 0.25) is 0 Å². The molecule has 0 fully saturated rings. The minimum absolute atomic E-state index is 0.0235. The number of nitro groups is 1. The Hall–Kier alpha value is -2.66. The number of hydrogen-bond acceptors (Lipinski definition) is 4.